The molecule has 3 aliphatic heterocycles. The Balaban J connectivity index is 1.43. The normalized spacial score (nSPS) is 22.9. The summed E-state index contributed by atoms with van der Waals surface area (Å²) in [6.07, 6.45) is 3.50. The first-order valence-corrected chi connectivity index (χ1v) is 13.3. The molecule has 0 spiro atoms. The number of halogens is 2. The molecule has 2 unspecified atom stereocenters. The van der Waals surface area contributed by atoms with Gasteiger partial charge in [0.15, 0.2) is 0 Å². The number of piperazine rings is 1. The molecule has 3 saturated heterocycles. The summed E-state index contributed by atoms with van der Waals surface area (Å²) in [5.41, 5.74) is 1.02. The molecular formula is C24H27ClFN3O4S. The van der Waals surface area contributed by atoms with Crippen LogP contribution in [0.1, 0.15) is 36.0 Å². The monoisotopic (exact) mass is 507 g/mol. The van der Waals surface area contributed by atoms with Gasteiger partial charge in [0.05, 0.1) is 28.3 Å². The van der Waals surface area contributed by atoms with Gasteiger partial charge in [-0.05, 0) is 62.1 Å². The van der Waals surface area contributed by atoms with Crippen LogP contribution in [0.15, 0.2) is 41.3 Å². The average Bonchev–Trinajstić information content (AvgIpc) is 3.45. The lowest BCUT2D eigenvalue weighted by atomic mass is 10.1. The van der Waals surface area contributed by atoms with E-state index in [1.54, 1.807) is 30.2 Å². The predicted molar refractivity (Wildman–Crippen MR) is 128 cm³/mol. The van der Waals surface area contributed by atoms with Gasteiger partial charge in [0, 0.05) is 38.3 Å². The van der Waals surface area contributed by atoms with Gasteiger partial charge in [-0.2, -0.15) is 4.31 Å². The van der Waals surface area contributed by atoms with Crippen molar-refractivity contribution in [2.24, 2.45) is 0 Å². The van der Waals surface area contributed by atoms with Crippen molar-refractivity contribution in [2.45, 2.75) is 42.7 Å². The van der Waals surface area contributed by atoms with Crippen molar-refractivity contribution in [2.75, 3.05) is 38.2 Å². The van der Waals surface area contributed by atoms with Crippen LogP contribution in [0.3, 0.4) is 0 Å². The van der Waals surface area contributed by atoms with Crippen molar-refractivity contribution in [3.8, 4) is 5.75 Å². The van der Waals surface area contributed by atoms with Crippen LogP contribution in [0.4, 0.5) is 10.1 Å². The Morgan fingerprint density at radius 2 is 1.74 bits per heavy atom. The lowest BCUT2D eigenvalue weighted by molar-refractivity contribution is 0.0718. The molecule has 2 atom stereocenters. The van der Waals surface area contributed by atoms with E-state index in [1.165, 1.54) is 16.4 Å². The number of carbonyl (C=O) groups excluding carboxylic acids is 1. The SMILES string of the molecule is COc1ccc(S(=O)(=O)N2CCCC2)cc1N1C2CCC1CN(C(=O)c1ccc(F)cc1Cl)C2. The Kier molecular flexibility index (Phi) is 6.20. The molecule has 5 rings (SSSR count). The first-order valence-electron chi connectivity index (χ1n) is 11.5. The van der Waals surface area contributed by atoms with Crippen molar-refractivity contribution >= 4 is 33.2 Å². The number of fused-ring (bicyclic) bond motifs is 2. The zero-order chi connectivity index (χ0) is 24.0. The average molecular weight is 508 g/mol. The standard InChI is InChI=1S/C24H27ClFN3O4S/c1-33-23-9-7-19(34(31,32)28-10-2-3-11-28)13-22(23)29-17-5-6-18(29)15-27(14-17)24(30)20-8-4-16(26)12-21(20)25/h4,7-9,12-13,17-18H,2-3,5-6,10-11,14-15H2,1H3. The number of carbonyl (C=O) groups is 1. The highest BCUT2D eigenvalue weighted by Gasteiger charge is 2.43. The van der Waals surface area contributed by atoms with Crippen LogP contribution in [0.2, 0.25) is 5.02 Å². The van der Waals surface area contributed by atoms with Crippen LogP contribution in [-0.2, 0) is 10.0 Å². The predicted octanol–water partition coefficient (Wildman–Crippen LogP) is 3.77. The highest BCUT2D eigenvalue weighted by molar-refractivity contribution is 7.89. The van der Waals surface area contributed by atoms with Gasteiger partial charge in [-0.3, -0.25) is 4.79 Å². The number of anilines is 1. The molecule has 0 saturated carbocycles. The van der Waals surface area contributed by atoms with E-state index in [1.807, 2.05) is 0 Å². The molecule has 3 aliphatic rings. The third kappa shape index (κ3) is 4.03. The molecule has 34 heavy (non-hydrogen) atoms. The van der Waals surface area contributed by atoms with Crippen LogP contribution < -0.4 is 9.64 Å². The second-order valence-corrected chi connectivity index (χ2v) is 11.4. The Morgan fingerprint density at radius 1 is 1.06 bits per heavy atom. The summed E-state index contributed by atoms with van der Waals surface area (Å²) in [7, 11) is -1.99. The zero-order valence-electron chi connectivity index (χ0n) is 18.9. The van der Waals surface area contributed by atoms with E-state index < -0.39 is 15.8 Å². The summed E-state index contributed by atoms with van der Waals surface area (Å²) in [5.74, 6) is -0.0974. The van der Waals surface area contributed by atoms with E-state index >= 15 is 0 Å². The number of nitrogens with zero attached hydrogens (tertiary/aromatic N) is 3. The van der Waals surface area contributed by atoms with Gasteiger partial charge in [-0.15, -0.1) is 0 Å². The fourth-order valence-electron chi connectivity index (χ4n) is 5.40. The summed E-state index contributed by atoms with van der Waals surface area (Å²) < 4.78 is 46.9. The molecule has 0 aliphatic carbocycles. The number of benzene rings is 2. The zero-order valence-corrected chi connectivity index (χ0v) is 20.5. The quantitative estimate of drug-likeness (QED) is 0.616. The highest BCUT2D eigenvalue weighted by Crippen LogP contribution is 2.41. The Hall–Kier alpha value is -2.36. The Morgan fingerprint density at radius 3 is 2.35 bits per heavy atom. The minimum Gasteiger partial charge on any atom is -0.495 e. The van der Waals surface area contributed by atoms with E-state index in [9.17, 15) is 17.6 Å². The first-order chi connectivity index (χ1) is 16.3. The molecule has 2 aromatic carbocycles. The molecule has 10 heteroatoms. The summed E-state index contributed by atoms with van der Waals surface area (Å²) >= 11 is 6.13. The number of sulfonamides is 1. The van der Waals surface area contributed by atoms with Crippen molar-refractivity contribution in [1.82, 2.24) is 9.21 Å². The van der Waals surface area contributed by atoms with Crippen molar-refractivity contribution in [3.05, 3.63) is 52.8 Å². The number of likely N-dealkylation sites (tertiary alicyclic amines) is 1. The van der Waals surface area contributed by atoms with E-state index in [0.717, 1.165) is 37.4 Å². The van der Waals surface area contributed by atoms with Gasteiger partial charge in [0.2, 0.25) is 10.0 Å². The second-order valence-electron chi connectivity index (χ2n) is 9.07. The van der Waals surface area contributed by atoms with Gasteiger partial charge in [0.25, 0.3) is 5.91 Å². The van der Waals surface area contributed by atoms with Crippen molar-refractivity contribution in [3.63, 3.8) is 0 Å². The molecular weight excluding hydrogens is 481 g/mol. The molecule has 2 bridgehead atoms. The van der Waals surface area contributed by atoms with Crippen molar-refractivity contribution in [1.29, 1.82) is 0 Å². The third-order valence-corrected chi connectivity index (χ3v) is 9.27. The van der Waals surface area contributed by atoms with Gasteiger partial charge in [-0.1, -0.05) is 11.6 Å². The van der Waals surface area contributed by atoms with Crippen LogP contribution in [-0.4, -0.2) is 68.9 Å². The van der Waals surface area contributed by atoms with Crippen LogP contribution in [0.25, 0.3) is 0 Å². The number of rotatable bonds is 5. The van der Waals surface area contributed by atoms with Gasteiger partial charge < -0.3 is 14.5 Å². The number of ether oxygens (including phenoxy) is 1. The number of amides is 1. The smallest absolute Gasteiger partial charge is 0.255 e. The topological polar surface area (TPSA) is 70.2 Å². The van der Waals surface area contributed by atoms with Crippen LogP contribution in [0, 0.1) is 5.82 Å². The summed E-state index contributed by atoms with van der Waals surface area (Å²) in [4.78, 5) is 17.4. The highest BCUT2D eigenvalue weighted by atomic mass is 35.5. The van der Waals surface area contributed by atoms with Gasteiger partial charge in [0.1, 0.15) is 11.6 Å². The van der Waals surface area contributed by atoms with E-state index in [-0.39, 0.29) is 33.5 Å². The van der Waals surface area contributed by atoms with E-state index in [2.05, 4.69) is 4.90 Å². The molecule has 182 valence electrons. The van der Waals surface area contributed by atoms with Gasteiger partial charge in [-0.25, -0.2) is 12.8 Å². The number of hydrogen-bond donors (Lipinski definition) is 0. The van der Waals surface area contributed by atoms with E-state index in [0.29, 0.717) is 31.9 Å². The number of hydrogen-bond acceptors (Lipinski definition) is 5. The maximum atomic E-state index is 13.4. The molecule has 7 nitrogen and oxygen atoms in total. The number of methoxy groups -OCH3 is 1. The summed E-state index contributed by atoms with van der Waals surface area (Å²) in [6.45, 7) is 2.02. The third-order valence-electron chi connectivity index (χ3n) is 7.06. The van der Waals surface area contributed by atoms with Crippen LogP contribution in [0.5, 0.6) is 5.75 Å². The molecule has 0 aromatic heterocycles. The molecule has 3 fully saturated rings. The molecule has 0 N–H and O–H groups in total. The van der Waals surface area contributed by atoms with Crippen LogP contribution >= 0.6 is 11.6 Å². The molecule has 3 heterocycles. The van der Waals surface area contributed by atoms with Crippen molar-refractivity contribution < 1.29 is 22.3 Å². The first kappa shape index (κ1) is 23.4. The summed E-state index contributed by atoms with van der Waals surface area (Å²) in [6, 6.07) is 8.87. The molecule has 0 radical (unpaired) electrons. The van der Waals surface area contributed by atoms with Gasteiger partial charge >= 0.3 is 0 Å². The lowest BCUT2D eigenvalue weighted by Crippen LogP contribution is -2.55. The lowest BCUT2D eigenvalue weighted by Gasteiger charge is -2.43. The fourth-order valence-corrected chi connectivity index (χ4v) is 7.19. The largest absolute Gasteiger partial charge is 0.495 e. The second kappa shape index (κ2) is 9.02. The summed E-state index contributed by atoms with van der Waals surface area (Å²) in [5, 5.41) is 0.0984. The Bertz CT molecular complexity index is 1200. The Labute approximate surface area is 204 Å². The maximum Gasteiger partial charge on any atom is 0.255 e. The minimum atomic E-state index is -3.57. The minimum absolute atomic E-state index is 0.0144. The molecule has 1 amide bonds. The molecule has 2 aromatic rings. The maximum absolute atomic E-state index is 13.4. The van der Waals surface area contributed by atoms with E-state index in [4.69, 9.17) is 16.3 Å². The fraction of sp³-hybridized carbons (Fsp3) is 0.458.